The first-order valence-electron chi connectivity index (χ1n) is 13.1. The maximum absolute atomic E-state index is 13.3. The van der Waals surface area contributed by atoms with E-state index in [0.717, 1.165) is 40.8 Å². The third-order valence-electron chi connectivity index (χ3n) is 5.96. The fourth-order valence-electron chi connectivity index (χ4n) is 3.85. The predicted octanol–water partition coefficient (Wildman–Crippen LogP) is 8.08. The molecule has 0 saturated heterocycles. The Labute approximate surface area is 255 Å². The molecule has 0 unspecified atom stereocenters. The van der Waals surface area contributed by atoms with Crippen LogP contribution in [-0.4, -0.2) is 37.3 Å². The Balaban J connectivity index is 1.24. The van der Waals surface area contributed by atoms with E-state index in [1.54, 1.807) is 18.3 Å². The van der Waals surface area contributed by atoms with Crippen LogP contribution < -0.4 is 20.7 Å². The number of rotatable bonds is 9. The van der Waals surface area contributed by atoms with Crippen molar-refractivity contribution in [3.8, 4) is 27.9 Å². The first-order valence-corrected chi connectivity index (χ1v) is 13.9. The number of amides is 2. The molecule has 0 atom stereocenters. The summed E-state index contributed by atoms with van der Waals surface area (Å²) >= 11 is 1.52. The molecule has 5 aromatic rings. The first-order chi connectivity index (χ1) is 21.4. The number of ether oxygens (including phenoxy) is 1. The van der Waals surface area contributed by atoms with Crippen molar-refractivity contribution in [3.63, 3.8) is 0 Å². The van der Waals surface area contributed by atoms with E-state index in [2.05, 4.69) is 42.9 Å². The average Bonchev–Trinajstić information content (AvgIpc) is 3.68. The minimum Gasteiger partial charge on any atom is -0.424 e. The van der Waals surface area contributed by atoms with Crippen molar-refractivity contribution in [3.05, 3.63) is 84.6 Å². The molecule has 0 bridgehead atoms. The normalized spacial score (nSPS) is 11.7. The lowest BCUT2D eigenvalue weighted by Gasteiger charge is -2.15. The monoisotopic (exact) mass is 648 g/mol. The molecule has 2 aromatic carbocycles. The lowest BCUT2D eigenvalue weighted by molar-refractivity contribution is -0.141. The third kappa shape index (κ3) is 7.86. The number of urea groups is 1. The summed E-state index contributed by atoms with van der Waals surface area (Å²) in [5.41, 5.74) is -2.09. The van der Waals surface area contributed by atoms with Crippen LogP contribution in [0.2, 0.25) is 0 Å². The van der Waals surface area contributed by atoms with Crippen molar-refractivity contribution in [2.75, 3.05) is 22.5 Å². The van der Waals surface area contributed by atoms with Gasteiger partial charge in [0.05, 0.1) is 39.9 Å². The molecule has 10 nitrogen and oxygen atoms in total. The van der Waals surface area contributed by atoms with Crippen molar-refractivity contribution < 1.29 is 35.9 Å². The SMILES string of the molecule is CCCNc1ncc(-c2ccc(Oc3ncc(NC(=O)Nc4cc(C(F)(F)F)ccc4-n4ccc(C(F)(F)F)n4)cn3)cc2)s1. The number of carbonyl (C=O) groups is 1. The molecule has 3 heterocycles. The molecule has 0 radical (unpaired) electrons. The number of benzene rings is 2. The molecule has 45 heavy (non-hydrogen) atoms. The van der Waals surface area contributed by atoms with Crippen molar-refractivity contribution in [1.29, 1.82) is 0 Å². The molecular weight excluding hydrogens is 626 g/mol. The zero-order chi connectivity index (χ0) is 32.2. The van der Waals surface area contributed by atoms with Crippen LogP contribution in [0.4, 0.5) is 47.6 Å². The van der Waals surface area contributed by atoms with Crippen LogP contribution in [0.1, 0.15) is 24.6 Å². The van der Waals surface area contributed by atoms with E-state index in [9.17, 15) is 31.1 Å². The highest BCUT2D eigenvalue weighted by molar-refractivity contribution is 7.18. The van der Waals surface area contributed by atoms with Crippen LogP contribution >= 0.6 is 11.3 Å². The molecule has 0 aliphatic rings. The Kier molecular flexibility index (Phi) is 8.89. The van der Waals surface area contributed by atoms with Gasteiger partial charge < -0.3 is 20.7 Å². The largest absolute Gasteiger partial charge is 0.435 e. The molecule has 0 aliphatic carbocycles. The van der Waals surface area contributed by atoms with E-state index >= 15 is 0 Å². The minimum absolute atomic E-state index is 0.0446. The number of hydrogen-bond donors (Lipinski definition) is 3. The summed E-state index contributed by atoms with van der Waals surface area (Å²) in [4.78, 5) is 26.0. The number of nitrogens with one attached hydrogen (secondary N) is 3. The number of hydrogen-bond acceptors (Lipinski definition) is 8. The molecule has 17 heteroatoms. The van der Waals surface area contributed by atoms with Gasteiger partial charge in [-0.15, -0.1) is 0 Å². The molecule has 0 saturated carbocycles. The number of halogens is 6. The quantitative estimate of drug-likeness (QED) is 0.138. The second-order valence-electron chi connectivity index (χ2n) is 9.29. The van der Waals surface area contributed by atoms with Gasteiger partial charge in [-0.3, -0.25) is 0 Å². The molecular formula is C28H22F6N8O2S. The fourth-order valence-corrected chi connectivity index (χ4v) is 4.70. The maximum Gasteiger partial charge on any atom is 0.435 e. The highest BCUT2D eigenvalue weighted by Gasteiger charge is 2.34. The van der Waals surface area contributed by atoms with Gasteiger partial charge in [-0.2, -0.15) is 31.4 Å². The van der Waals surface area contributed by atoms with Crippen LogP contribution in [0.25, 0.3) is 16.1 Å². The lowest BCUT2D eigenvalue weighted by Crippen LogP contribution is -2.21. The Morgan fingerprint density at radius 3 is 2.29 bits per heavy atom. The standard InChI is InChI=1S/C28H22F6N8O2S/c1-2-10-35-26-38-15-22(45-26)16-3-6-19(7-4-16)44-25-36-13-18(14-37-25)39-24(43)40-20-12-17(27(29,30)31)5-8-21(20)42-11-9-23(41-42)28(32,33)34/h3-9,11-15H,2,10H2,1H3,(H,35,38)(H2,39,40,43). The summed E-state index contributed by atoms with van der Waals surface area (Å²) in [5.74, 6) is 0.440. The van der Waals surface area contributed by atoms with Crippen LogP contribution in [-0.2, 0) is 12.4 Å². The molecule has 0 spiro atoms. The highest BCUT2D eigenvalue weighted by atomic mass is 32.1. The second-order valence-corrected chi connectivity index (χ2v) is 10.3. The summed E-state index contributed by atoms with van der Waals surface area (Å²) in [6.07, 6.45) is -3.48. The van der Waals surface area contributed by atoms with Crippen molar-refractivity contribution in [1.82, 2.24) is 24.7 Å². The van der Waals surface area contributed by atoms with E-state index < -0.39 is 35.3 Å². The molecule has 3 aromatic heterocycles. The smallest absolute Gasteiger partial charge is 0.424 e. The van der Waals surface area contributed by atoms with Crippen molar-refractivity contribution in [2.24, 2.45) is 0 Å². The first kappa shape index (κ1) is 31.2. The zero-order valence-corrected chi connectivity index (χ0v) is 23.9. The van der Waals surface area contributed by atoms with Gasteiger partial charge in [0.15, 0.2) is 10.8 Å². The Morgan fingerprint density at radius 1 is 0.911 bits per heavy atom. The van der Waals surface area contributed by atoms with Crippen molar-refractivity contribution >= 4 is 33.9 Å². The molecule has 234 valence electrons. The number of anilines is 3. The Morgan fingerprint density at radius 2 is 1.64 bits per heavy atom. The summed E-state index contributed by atoms with van der Waals surface area (Å²) in [6.45, 7) is 2.90. The number of carbonyl (C=O) groups excluding carboxylic acids is 1. The summed E-state index contributed by atoms with van der Waals surface area (Å²) < 4.78 is 85.5. The Bertz CT molecular complexity index is 1770. The van der Waals surface area contributed by atoms with Gasteiger partial charge in [-0.1, -0.05) is 18.3 Å². The van der Waals surface area contributed by atoms with E-state index in [1.165, 1.54) is 23.7 Å². The van der Waals surface area contributed by atoms with Gasteiger partial charge in [-0.25, -0.2) is 24.4 Å². The van der Waals surface area contributed by atoms with Gasteiger partial charge in [0.1, 0.15) is 5.75 Å². The molecule has 3 N–H and O–H groups in total. The Hall–Kier alpha value is -5.19. The molecule has 2 amide bonds. The highest BCUT2D eigenvalue weighted by Crippen LogP contribution is 2.35. The predicted molar refractivity (Wildman–Crippen MR) is 155 cm³/mol. The van der Waals surface area contributed by atoms with Gasteiger partial charge in [0, 0.05) is 18.9 Å². The molecule has 0 fully saturated rings. The average molecular weight is 649 g/mol. The molecule has 0 aliphatic heterocycles. The number of nitrogens with zero attached hydrogens (tertiary/aromatic N) is 5. The van der Waals surface area contributed by atoms with Crippen LogP contribution in [0, 0.1) is 0 Å². The van der Waals surface area contributed by atoms with Crippen LogP contribution in [0.3, 0.4) is 0 Å². The second kappa shape index (κ2) is 12.8. The minimum atomic E-state index is -4.78. The van der Waals surface area contributed by atoms with Crippen LogP contribution in [0.5, 0.6) is 11.8 Å². The van der Waals surface area contributed by atoms with Gasteiger partial charge in [-0.05, 0) is 60.5 Å². The lowest BCUT2D eigenvalue weighted by atomic mass is 10.1. The van der Waals surface area contributed by atoms with E-state index in [0.29, 0.717) is 28.6 Å². The van der Waals surface area contributed by atoms with E-state index in [1.807, 2.05) is 12.1 Å². The van der Waals surface area contributed by atoms with Crippen molar-refractivity contribution in [2.45, 2.75) is 25.7 Å². The van der Waals surface area contributed by atoms with E-state index in [-0.39, 0.29) is 17.4 Å². The van der Waals surface area contributed by atoms with E-state index in [4.69, 9.17) is 4.74 Å². The molecule has 5 rings (SSSR count). The number of aromatic nitrogens is 5. The maximum atomic E-state index is 13.3. The fraction of sp³-hybridized carbons (Fsp3) is 0.179. The zero-order valence-electron chi connectivity index (χ0n) is 23.1. The van der Waals surface area contributed by atoms with Gasteiger partial charge in [0.2, 0.25) is 0 Å². The summed E-state index contributed by atoms with van der Waals surface area (Å²) in [5, 5.41) is 12.0. The van der Waals surface area contributed by atoms with Gasteiger partial charge >= 0.3 is 24.4 Å². The number of thiazole rings is 1. The number of alkyl halides is 6. The third-order valence-corrected chi connectivity index (χ3v) is 6.97. The summed E-state index contributed by atoms with van der Waals surface area (Å²) in [7, 11) is 0. The summed E-state index contributed by atoms with van der Waals surface area (Å²) in [6, 6.07) is 8.88. The van der Waals surface area contributed by atoms with Gasteiger partial charge in [0.25, 0.3) is 0 Å². The topological polar surface area (TPSA) is 119 Å². The van der Waals surface area contributed by atoms with Crippen LogP contribution in [0.15, 0.2) is 73.3 Å².